The number of likely N-dealkylation sites (tertiary alicyclic amines) is 1. The van der Waals surface area contributed by atoms with Gasteiger partial charge >= 0.3 is 0 Å². The Hall–Kier alpha value is -1.69. The summed E-state index contributed by atoms with van der Waals surface area (Å²) < 4.78 is 6.78. The van der Waals surface area contributed by atoms with E-state index in [2.05, 4.69) is 10.00 Å². The third kappa shape index (κ3) is 5.14. The van der Waals surface area contributed by atoms with E-state index in [4.69, 9.17) is 4.74 Å². The highest BCUT2D eigenvalue weighted by molar-refractivity contribution is 5.85. The molecule has 0 unspecified atom stereocenters. The maximum Gasteiger partial charge on any atom is 0.274 e. The molecule has 3 rings (SSSR count). The molecular formula is C19H26ClN3O2. The van der Waals surface area contributed by atoms with Crippen LogP contribution >= 0.6 is 12.4 Å². The fourth-order valence-corrected chi connectivity index (χ4v) is 3.28. The Balaban J connectivity index is 0.00000225. The van der Waals surface area contributed by atoms with Gasteiger partial charge in [-0.05, 0) is 43.5 Å². The smallest absolute Gasteiger partial charge is 0.274 e. The number of hydrogen-bond donors (Lipinski definition) is 0. The van der Waals surface area contributed by atoms with Gasteiger partial charge in [0, 0.05) is 26.4 Å². The molecule has 1 aliphatic heterocycles. The van der Waals surface area contributed by atoms with Crippen LogP contribution in [0.25, 0.3) is 11.1 Å². The fraction of sp³-hybridized carbons (Fsp3) is 0.474. The van der Waals surface area contributed by atoms with E-state index in [9.17, 15) is 4.79 Å². The topological polar surface area (TPSA) is 47.4 Å². The molecule has 0 radical (unpaired) electrons. The molecule has 2 aromatic rings. The summed E-state index contributed by atoms with van der Waals surface area (Å²) >= 11 is 0. The molecule has 136 valence electrons. The minimum atomic E-state index is 0. The van der Waals surface area contributed by atoms with E-state index in [1.807, 2.05) is 36.4 Å². The molecule has 6 heteroatoms. The van der Waals surface area contributed by atoms with Crippen LogP contribution in [-0.4, -0.2) is 48.0 Å². The SMILES string of the molecule is COCCN1CCC(Cn2nccc(-c3ccccc3)c2=O)CC1.Cl. The van der Waals surface area contributed by atoms with Gasteiger partial charge in [0.15, 0.2) is 0 Å². The van der Waals surface area contributed by atoms with Crippen molar-refractivity contribution in [3.63, 3.8) is 0 Å². The monoisotopic (exact) mass is 363 g/mol. The molecule has 1 aromatic heterocycles. The molecule has 5 nitrogen and oxygen atoms in total. The Labute approximate surface area is 155 Å². The molecule has 0 bridgehead atoms. The standard InChI is InChI=1S/C19H25N3O2.ClH/c1-24-14-13-21-11-8-16(9-12-21)15-22-19(23)18(7-10-20-22)17-5-3-2-4-6-17;/h2-7,10,16H,8-9,11-15H2,1H3;1H. The molecular weight excluding hydrogens is 338 g/mol. The Morgan fingerprint density at radius 3 is 2.56 bits per heavy atom. The average Bonchev–Trinajstić information content (AvgIpc) is 2.63. The van der Waals surface area contributed by atoms with Gasteiger partial charge in [0.2, 0.25) is 0 Å². The first-order chi connectivity index (χ1) is 11.8. The summed E-state index contributed by atoms with van der Waals surface area (Å²) in [4.78, 5) is 15.1. The van der Waals surface area contributed by atoms with Crippen molar-refractivity contribution in [1.29, 1.82) is 0 Å². The quantitative estimate of drug-likeness (QED) is 0.791. The zero-order chi connectivity index (χ0) is 16.8. The van der Waals surface area contributed by atoms with Gasteiger partial charge < -0.3 is 9.64 Å². The van der Waals surface area contributed by atoms with Crippen molar-refractivity contribution in [1.82, 2.24) is 14.7 Å². The summed E-state index contributed by atoms with van der Waals surface area (Å²) in [5, 5.41) is 4.30. The summed E-state index contributed by atoms with van der Waals surface area (Å²) in [5.74, 6) is 0.514. The van der Waals surface area contributed by atoms with Crippen LogP contribution in [-0.2, 0) is 11.3 Å². The largest absolute Gasteiger partial charge is 0.383 e. The van der Waals surface area contributed by atoms with Gasteiger partial charge in [0.1, 0.15) is 0 Å². The van der Waals surface area contributed by atoms with Crippen LogP contribution in [0.15, 0.2) is 47.4 Å². The van der Waals surface area contributed by atoms with Crippen LogP contribution in [0.1, 0.15) is 12.8 Å². The van der Waals surface area contributed by atoms with Crippen LogP contribution in [0, 0.1) is 5.92 Å². The van der Waals surface area contributed by atoms with E-state index < -0.39 is 0 Å². The van der Waals surface area contributed by atoms with Gasteiger partial charge in [-0.25, -0.2) is 4.68 Å². The van der Waals surface area contributed by atoms with Crippen molar-refractivity contribution < 1.29 is 4.74 Å². The van der Waals surface area contributed by atoms with E-state index in [1.54, 1.807) is 18.0 Å². The third-order valence-electron chi connectivity index (χ3n) is 4.75. The molecule has 0 amide bonds. The second-order valence-corrected chi connectivity index (χ2v) is 6.38. The summed E-state index contributed by atoms with van der Waals surface area (Å²) in [5.41, 5.74) is 1.68. The van der Waals surface area contributed by atoms with Gasteiger partial charge in [-0.2, -0.15) is 5.10 Å². The Kier molecular flexibility index (Phi) is 7.62. The first kappa shape index (κ1) is 19.6. The number of aromatic nitrogens is 2. The number of methoxy groups -OCH3 is 1. The predicted octanol–water partition coefficient (Wildman–Crippen LogP) is 2.69. The third-order valence-corrected chi connectivity index (χ3v) is 4.75. The van der Waals surface area contributed by atoms with Gasteiger partial charge in [-0.3, -0.25) is 4.79 Å². The first-order valence-electron chi connectivity index (χ1n) is 8.61. The predicted molar refractivity (Wildman–Crippen MR) is 102 cm³/mol. The average molecular weight is 364 g/mol. The molecule has 0 saturated carbocycles. The molecule has 2 heterocycles. The zero-order valence-corrected chi connectivity index (χ0v) is 15.5. The highest BCUT2D eigenvalue weighted by atomic mass is 35.5. The fourth-order valence-electron chi connectivity index (χ4n) is 3.28. The van der Waals surface area contributed by atoms with Crippen LogP contribution in [0.5, 0.6) is 0 Å². The van der Waals surface area contributed by atoms with E-state index >= 15 is 0 Å². The van der Waals surface area contributed by atoms with Crippen molar-refractivity contribution in [2.24, 2.45) is 5.92 Å². The summed E-state index contributed by atoms with van der Waals surface area (Å²) in [6, 6.07) is 11.6. The van der Waals surface area contributed by atoms with Crippen LogP contribution in [0.4, 0.5) is 0 Å². The van der Waals surface area contributed by atoms with Gasteiger partial charge in [-0.15, -0.1) is 12.4 Å². The van der Waals surface area contributed by atoms with Crippen LogP contribution < -0.4 is 5.56 Å². The highest BCUT2D eigenvalue weighted by Gasteiger charge is 2.20. The molecule has 1 aliphatic rings. The summed E-state index contributed by atoms with van der Waals surface area (Å²) in [6.45, 7) is 4.62. The lowest BCUT2D eigenvalue weighted by Gasteiger charge is -2.31. The van der Waals surface area contributed by atoms with E-state index in [-0.39, 0.29) is 18.0 Å². The lowest BCUT2D eigenvalue weighted by atomic mass is 9.97. The van der Waals surface area contributed by atoms with E-state index in [0.717, 1.165) is 50.2 Å². The van der Waals surface area contributed by atoms with Crippen molar-refractivity contribution in [3.05, 3.63) is 52.9 Å². The molecule has 25 heavy (non-hydrogen) atoms. The minimum absolute atomic E-state index is 0. The number of nitrogens with zero attached hydrogens (tertiary/aromatic N) is 3. The van der Waals surface area contributed by atoms with E-state index in [0.29, 0.717) is 12.5 Å². The maximum absolute atomic E-state index is 12.7. The lowest BCUT2D eigenvalue weighted by molar-refractivity contribution is 0.115. The molecule has 1 aromatic carbocycles. The molecule has 0 atom stereocenters. The zero-order valence-electron chi connectivity index (χ0n) is 14.6. The van der Waals surface area contributed by atoms with E-state index in [1.165, 1.54) is 0 Å². The maximum atomic E-state index is 12.7. The van der Waals surface area contributed by atoms with Gasteiger partial charge in [-0.1, -0.05) is 30.3 Å². The molecule has 1 fully saturated rings. The number of halogens is 1. The van der Waals surface area contributed by atoms with Crippen molar-refractivity contribution in [2.45, 2.75) is 19.4 Å². The molecule has 0 N–H and O–H groups in total. The molecule has 0 aliphatic carbocycles. The van der Waals surface area contributed by atoms with Crippen molar-refractivity contribution in [3.8, 4) is 11.1 Å². The Morgan fingerprint density at radius 1 is 1.16 bits per heavy atom. The second-order valence-electron chi connectivity index (χ2n) is 6.38. The van der Waals surface area contributed by atoms with Gasteiger partial charge in [0.05, 0.1) is 12.2 Å². The van der Waals surface area contributed by atoms with Crippen LogP contribution in [0.2, 0.25) is 0 Å². The summed E-state index contributed by atoms with van der Waals surface area (Å²) in [6.07, 6.45) is 3.94. The normalized spacial score (nSPS) is 15.7. The number of benzene rings is 1. The minimum Gasteiger partial charge on any atom is -0.383 e. The number of rotatable bonds is 6. The van der Waals surface area contributed by atoms with Crippen molar-refractivity contribution in [2.75, 3.05) is 33.4 Å². The first-order valence-corrected chi connectivity index (χ1v) is 8.61. The molecule has 1 saturated heterocycles. The number of hydrogen-bond acceptors (Lipinski definition) is 4. The van der Waals surface area contributed by atoms with Crippen LogP contribution in [0.3, 0.4) is 0 Å². The Morgan fingerprint density at radius 2 is 1.88 bits per heavy atom. The summed E-state index contributed by atoms with van der Waals surface area (Å²) in [7, 11) is 1.74. The molecule has 0 spiro atoms. The van der Waals surface area contributed by atoms with Crippen molar-refractivity contribution >= 4 is 12.4 Å². The number of ether oxygens (including phenoxy) is 1. The Bertz CT molecular complexity index is 697. The highest BCUT2D eigenvalue weighted by Crippen LogP contribution is 2.19. The number of piperidine rings is 1. The second kappa shape index (κ2) is 9.70. The lowest BCUT2D eigenvalue weighted by Crippen LogP contribution is -2.38. The van der Waals surface area contributed by atoms with Gasteiger partial charge in [0.25, 0.3) is 5.56 Å².